The van der Waals surface area contributed by atoms with Gasteiger partial charge in [-0.25, -0.2) is 4.39 Å². The Morgan fingerprint density at radius 2 is 2.08 bits per heavy atom. The number of carbonyl (C=O) groups is 1. The van der Waals surface area contributed by atoms with Crippen LogP contribution in [0.4, 0.5) is 4.39 Å². The Bertz CT molecular complexity index is 748. The van der Waals surface area contributed by atoms with Gasteiger partial charge in [0.05, 0.1) is 6.04 Å². The molecule has 2 aromatic rings. The highest BCUT2D eigenvalue weighted by Gasteiger charge is 2.23. The van der Waals surface area contributed by atoms with E-state index in [0.717, 1.165) is 18.7 Å². The number of amides is 1. The third-order valence-corrected chi connectivity index (χ3v) is 4.53. The van der Waals surface area contributed by atoms with Crippen molar-refractivity contribution in [1.82, 2.24) is 4.90 Å². The quantitative estimate of drug-likeness (QED) is 0.918. The summed E-state index contributed by atoms with van der Waals surface area (Å²) in [6, 6.07) is 12.2. The monoisotopic (exact) mass is 328 g/mol. The van der Waals surface area contributed by atoms with Crippen LogP contribution in [0.5, 0.6) is 5.75 Å². The lowest BCUT2D eigenvalue weighted by atomic mass is 9.98. The third kappa shape index (κ3) is 3.57. The first kappa shape index (κ1) is 16.5. The van der Waals surface area contributed by atoms with Gasteiger partial charge in [0.25, 0.3) is 0 Å². The van der Waals surface area contributed by atoms with Crippen LogP contribution < -0.4 is 10.5 Å². The number of nitrogens with two attached hydrogens (primary N) is 1. The molecular formula is C19H21FN2O2. The molecule has 1 heterocycles. The molecule has 1 aliphatic rings. The normalized spacial score (nSPS) is 15.6. The molecule has 1 amide bonds. The molecule has 4 nitrogen and oxygen atoms in total. The van der Waals surface area contributed by atoms with Gasteiger partial charge in [-0.15, -0.1) is 0 Å². The van der Waals surface area contributed by atoms with Gasteiger partial charge in [0.2, 0.25) is 5.91 Å². The minimum atomic E-state index is -0.303. The molecule has 0 bridgehead atoms. The Morgan fingerprint density at radius 3 is 2.83 bits per heavy atom. The van der Waals surface area contributed by atoms with Crippen LogP contribution in [0, 0.1) is 5.82 Å². The van der Waals surface area contributed by atoms with Crippen molar-refractivity contribution >= 4 is 5.91 Å². The maximum atomic E-state index is 13.6. The zero-order chi connectivity index (χ0) is 17.1. The van der Waals surface area contributed by atoms with E-state index in [1.165, 1.54) is 17.2 Å². The summed E-state index contributed by atoms with van der Waals surface area (Å²) in [5, 5.41) is 0. The Hall–Kier alpha value is -2.40. The molecule has 0 saturated heterocycles. The zero-order valence-corrected chi connectivity index (χ0v) is 13.7. The van der Waals surface area contributed by atoms with E-state index < -0.39 is 0 Å². The van der Waals surface area contributed by atoms with Crippen molar-refractivity contribution in [2.24, 2.45) is 5.73 Å². The number of nitrogens with zero attached hydrogens (tertiary/aromatic N) is 1. The number of fused-ring (bicyclic) bond motifs is 1. The lowest BCUT2D eigenvalue weighted by molar-refractivity contribution is -0.123. The highest BCUT2D eigenvalue weighted by Crippen LogP contribution is 2.25. The number of rotatable bonds is 5. The van der Waals surface area contributed by atoms with Crippen molar-refractivity contribution in [3.63, 3.8) is 0 Å². The second-order valence-electron chi connectivity index (χ2n) is 6.11. The fraction of sp³-hybridized carbons (Fsp3) is 0.316. The second kappa shape index (κ2) is 7.01. The molecule has 0 saturated carbocycles. The largest absolute Gasteiger partial charge is 0.489 e. The lowest BCUT2D eigenvalue weighted by Crippen LogP contribution is -2.45. The molecule has 1 aliphatic heterocycles. The molecule has 0 spiro atoms. The van der Waals surface area contributed by atoms with Gasteiger partial charge >= 0.3 is 0 Å². The van der Waals surface area contributed by atoms with Gasteiger partial charge in [0.1, 0.15) is 18.2 Å². The van der Waals surface area contributed by atoms with Crippen molar-refractivity contribution in [2.75, 3.05) is 6.54 Å². The van der Waals surface area contributed by atoms with Crippen molar-refractivity contribution in [2.45, 2.75) is 32.5 Å². The average Bonchev–Trinajstić information content (AvgIpc) is 2.59. The van der Waals surface area contributed by atoms with Crippen LogP contribution in [-0.2, 0) is 24.4 Å². The van der Waals surface area contributed by atoms with Crippen LogP contribution >= 0.6 is 0 Å². The summed E-state index contributed by atoms with van der Waals surface area (Å²) in [4.78, 5) is 13.4. The van der Waals surface area contributed by atoms with Gasteiger partial charge in [0, 0.05) is 18.7 Å². The van der Waals surface area contributed by atoms with Crippen LogP contribution in [0.25, 0.3) is 0 Å². The van der Waals surface area contributed by atoms with Crippen LogP contribution in [0.15, 0.2) is 42.5 Å². The topological polar surface area (TPSA) is 55.6 Å². The Balaban J connectivity index is 1.67. The van der Waals surface area contributed by atoms with E-state index in [2.05, 4.69) is 4.90 Å². The molecule has 24 heavy (non-hydrogen) atoms. The van der Waals surface area contributed by atoms with Crippen molar-refractivity contribution in [1.29, 1.82) is 0 Å². The van der Waals surface area contributed by atoms with E-state index in [1.807, 2.05) is 25.1 Å². The molecule has 0 aromatic heterocycles. The number of carbonyl (C=O) groups excluding carboxylic acids is 1. The van der Waals surface area contributed by atoms with E-state index >= 15 is 0 Å². The number of halogens is 1. The molecular weight excluding hydrogens is 307 g/mol. The number of benzene rings is 2. The molecule has 0 unspecified atom stereocenters. The van der Waals surface area contributed by atoms with Gasteiger partial charge in [-0.1, -0.05) is 24.3 Å². The standard InChI is InChI=1S/C19H21FN2O2/c1-13(19(21)23)22-9-8-14-10-17(7-6-15(14)11-22)24-12-16-4-2-3-5-18(16)20/h2-7,10,13H,8-9,11-12H2,1H3,(H2,21,23)/t13-/m0/s1. The highest BCUT2D eigenvalue weighted by molar-refractivity contribution is 5.79. The summed E-state index contributed by atoms with van der Waals surface area (Å²) in [6.07, 6.45) is 0.837. The summed E-state index contributed by atoms with van der Waals surface area (Å²) >= 11 is 0. The lowest BCUT2D eigenvalue weighted by Gasteiger charge is -2.32. The van der Waals surface area contributed by atoms with Crippen LogP contribution in [0.3, 0.4) is 0 Å². The van der Waals surface area contributed by atoms with Gasteiger partial charge in [-0.05, 0) is 42.7 Å². The van der Waals surface area contributed by atoms with Gasteiger partial charge in [-0.3, -0.25) is 9.69 Å². The predicted molar refractivity (Wildman–Crippen MR) is 89.9 cm³/mol. The van der Waals surface area contributed by atoms with E-state index in [4.69, 9.17) is 10.5 Å². The first-order chi connectivity index (χ1) is 11.5. The zero-order valence-electron chi connectivity index (χ0n) is 13.7. The Kier molecular flexibility index (Phi) is 4.81. The fourth-order valence-corrected chi connectivity index (χ4v) is 2.93. The van der Waals surface area contributed by atoms with Gasteiger partial charge in [-0.2, -0.15) is 0 Å². The number of ether oxygens (including phenoxy) is 1. The van der Waals surface area contributed by atoms with Crippen LogP contribution in [-0.4, -0.2) is 23.4 Å². The molecule has 126 valence electrons. The van der Waals surface area contributed by atoms with E-state index in [9.17, 15) is 9.18 Å². The number of hydrogen-bond donors (Lipinski definition) is 1. The minimum Gasteiger partial charge on any atom is -0.489 e. The molecule has 1 atom stereocenters. The smallest absolute Gasteiger partial charge is 0.234 e. The van der Waals surface area contributed by atoms with Crippen LogP contribution in [0.1, 0.15) is 23.6 Å². The predicted octanol–water partition coefficient (Wildman–Crippen LogP) is 2.64. The first-order valence-corrected chi connectivity index (χ1v) is 8.06. The van der Waals surface area contributed by atoms with E-state index in [1.54, 1.807) is 18.2 Å². The summed E-state index contributed by atoms with van der Waals surface area (Å²) in [5.41, 5.74) is 8.30. The van der Waals surface area contributed by atoms with Crippen molar-refractivity contribution in [3.8, 4) is 5.75 Å². The third-order valence-electron chi connectivity index (χ3n) is 4.53. The number of primary amides is 1. The Labute approximate surface area is 141 Å². The molecule has 2 aromatic carbocycles. The summed E-state index contributed by atoms with van der Waals surface area (Å²) < 4.78 is 19.4. The second-order valence-corrected chi connectivity index (χ2v) is 6.11. The minimum absolute atomic E-state index is 0.205. The first-order valence-electron chi connectivity index (χ1n) is 8.06. The summed E-state index contributed by atoms with van der Waals surface area (Å²) in [7, 11) is 0. The van der Waals surface area contributed by atoms with Gasteiger partial charge < -0.3 is 10.5 Å². The van der Waals surface area contributed by atoms with E-state index in [-0.39, 0.29) is 24.4 Å². The SMILES string of the molecule is C[C@@H](C(N)=O)N1CCc2cc(OCc3ccccc3F)ccc2C1. The fourth-order valence-electron chi connectivity index (χ4n) is 2.93. The van der Waals surface area contributed by atoms with Crippen LogP contribution in [0.2, 0.25) is 0 Å². The molecule has 3 rings (SSSR count). The van der Waals surface area contributed by atoms with Gasteiger partial charge in [0.15, 0.2) is 0 Å². The van der Waals surface area contributed by atoms with Crippen molar-refractivity contribution in [3.05, 3.63) is 65.0 Å². The molecule has 5 heteroatoms. The number of hydrogen-bond acceptors (Lipinski definition) is 3. The van der Waals surface area contributed by atoms with E-state index in [0.29, 0.717) is 12.1 Å². The van der Waals surface area contributed by atoms with Crippen molar-refractivity contribution < 1.29 is 13.9 Å². The summed E-state index contributed by atoms with van der Waals surface area (Å²) in [5.74, 6) is 0.170. The summed E-state index contributed by atoms with van der Waals surface area (Å²) in [6.45, 7) is 3.52. The Morgan fingerprint density at radius 1 is 1.29 bits per heavy atom. The average molecular weight is 328 g/mol. The highest BCUT2D eigenvalue weighted by atomic mass is 19.1. The maximum Gasteiger partial charge on any atom is 0.234 e. The maximum absolute atomic E-state index is 13.6. The molecule has 0 fully saturated rings. The molecule has 0 aliphatic carbocycles. The molecule has 0 radical (unpaired) electrons. The molecule has 2 N–H and O–H groups in total.